The maximum atomic E-state index is 5.82. The predicted molar refractivity (Wildman–Crippen MR) is 81.8 cm³/mol. The van der Waals surface area contributed by atoms with Crippen LogP contribution in [0.25, 0.3) is 0 Å². The lowest BCUT2D eigenvalue weighted by molar-refractivity contribution is 0.286. The summed E-state index contributed by atoms with van der Waals surface area (Å²) in [5, 5.41) is 3.54. The number of hydrogen-bond donors (Lipinski definition) is 1. The third-order valence-corrected chi connectivity index (χ3v) is 3.96. The second kappa shape index (κ2) is 5.25. The van der Waals surface area contributed by atoms with Gasteiger partial charge in [-0.25, -0.2) is 0 Å². The van der Waals surface area contributed by atoms with E-state index in [0.717, 1.165) is 22.3 Å². The molecule has 98 valence electrons. The van der Waals surface area contributed by atoms with Crippen molar-refractivity contribution in [2.75, 3.05) is 11.9 Å². The van der Waals surface area contributed by atoms with Crippen molar-refractivity contribution < 1.29 is 4.74 Å². The van der Waals surface area contributed by atoms with Gasteiger partial charge in [-0.3, -0.25) is 0 Å². The highest BCUT2D eigenvalue weighted by atomic mass is 79.9. The number of fused-ring (bicyclic) bond motifs is 1. The molecule has 1 N–H and O–H groups in total. The molecular weight excluding hydrogens is 302 g/mol. The number of benzene rings is 2. The van der Waals surface area contributed by atoms with Crippen molar-refractivity contribution in [1.29, 1.82) is 0 Å². The van der Waals surface area contributed by atoms with Gasteiger partial charge in [0.15, 0.2) is 0 Å². The molecule has 0 saturated heterocycles. The molecule has 2 aromatic carbocycles. The van der Waals surface area contributed by atoms with Gasteiger partial charge in [-0.15, -0.1) is 0 Å². The third-order valence-electron chi connectivity index (χ3n) is 3.47. The van der Waals surface area contributed by atoms with Gasteiger partial charge in [0.05, 0.1) is 11.7 Å². The molecule has 1 unspecified atom stereocenters. The van der Waals surface area contributed by atoms with Crippen LogP contribution in [-0.4, -0.2) is 6.61 Å². The zero-order chi connectivity index (χ0) is 13.2. The number of rotatable bonds is 2. The Kier molecular flexibility index (Phi) is 3.47. The van der Waals surface area contributed by atoms with Crippen molar-refractivity contribution >= 4 is 21.6 Å². The fourth-order valence-electron chi connectivity index (χ4n) is 2.31. The predicted octanol–water partition coefficient (Wildman–Crippen LogP) is 4.56. The Morgan fingerprint density at radius 1 is 1.21 bits per heavy atom. The molecule has 0 spiro atoms. The van der Waals surface area contributed by atoms with E-state index < -0.39 is 0 Å². The Labute approximate surface area is 121 Å². The molecule has 0 saturated carbocycles. The highest BCUT2D eigenvalue weighted by molar-refractivity contribution is 9.10. The summed E-state index contributed by atoms with van der Waals surface area (Å²) in [5.41, 5.74) is 3.68. The Hall–Kier alpha value is -1.48. The van der Waals surface area contributed by atoms with Gasteiger partial charge in [0.1, 0.15) is 12.4 Å². The number of anilines is 1. The van der Waals surface area contributed by atoms with Crippen LogP contribution in [0, 0.1) is 0 Å². The lowest BCUT2D eigenvalue weighted by Crippen LogP contribution is -2.23. The first kappa shape index (κ1) is 12.5. The van der Waals surface area contributed by atoms with Gasteiger partial charge in [0.25, 0.3) is 0 Å². The van der Waals surface area contributed by atoms with Crippen LogP contribution in [0.1, 0.15) is 24.1 Å². The summed E-state index contributed by atoms with van der Waals surface area (Å²) < 4.78 is 6.88. The van der Waals surface area contributed by atoms with Crippen LogP contribution < -0.4 is 10.1 Å². The Balaban J connectivity index is 1.84. The van der Waals surface area contributed by atoms with E-state index in [1.165, 1.54) is 11.1 Å². The van der Waals surface area contributed by atoms with Crippen molar-refractivity contribution in [3.63, 3.8) is 0 Å². The van der Waals surface area contributed by atoms with E-state index >= 15 is 0 Å². The second-order valence-corrected chi connectivity index (χ2v) is 5.66. The highest BCUT2D eigenvalue weighted by Crippen LogP contribution is 2.35. The number of ether oxygens (including phenoxy) is 1. The first-order valence-electron chi connectivity index (χ1n) is 6.54. The fraction of sp³-hybridized carbons (Fsp3) is 0.250. The third kappa shape index (κ3) is 2.61. The molecule has 1 aliphatic heterocycles. The van der Waals surface area contributed by atoms with Gasteiger partial charge >= 0.3 is 0 Å². The lowest BCUT2D eigenvalue weighted by Gasteiger charge is -2.28. The summed E-state index contributed by atoms with van der Waals surface area (Å²) in [7, 11) is 0. The summed E-state index contributed by atoms with van der Waals surface area (Å²) >= 11 is 3.49. The summed E-state index contributed by atoms with van der Waals surface area (Å²) in [4.78, 5) is 0. The standard InChI is InChI=1S/C16H16BrNO/c1-2-11-3-5-12(6-4-11)15-10-19-16-8-7-13(17)9-14(16)18-15/h3-9,15,18H,2,10H2,1H3. The van der Waals surface area contributed by atoms with Crippen LogP contribution in [0.15, 0.2) is 46.9 Å². The highest BCUT2D eigenvalue weighted by Gasteiger charge is 2.20. The van der Waals surface area contributed by atoms with Crippen molar-refractivity contribution in [3.05, 3.63) is 58.1 Å². The molecule has 0 aliphatic carbocycles. The minimum atomic E-state index is 0.215. The number of hydrogen-bond acceptors (Lipinski definition) is 2. The number of nitrogens with one attached hydrogen (secondary N) is 1. The van der Waals surface area contributed by atoms with E-state index in [0.29, 0.717) is 6.61 Å². The molecule has 2 nitrogen and oxygen atoms in total. The van der Waals surface area contributed by atoms with E-state index in [2.05, 4.69) is 58.5 Å². The van der Waals surface area contributed by atoms with Crippen molar-refractivity contribution in [2.24, 2.45) is 0 Å². The zero-order valence-electron chi connectivity index (χ0n) is 10.8. The number of aryl methyl sites for hydroxylation is 1. The molecule has 1 atom stereocenters. The van der Waals surface area contributed by atoms with Crippen LogP contribution >= 0.6 is 15.9 Å². The summed E-state index contributed by atoms with van der Waals surface area (Å²) in [6.07, 6.45) is 1.07. The van der Waals surface area contributed by atoms with Gasteiger partial charge in [0, 0.05) is 4.47 Å². The summed E-state index contributed by atoms with van der Waals surface area (Å²) in [6, 6.07) is 15.0. The smallest absolute Gasteiger partial charge is 0.142 e. The van der Waals surface area contributed by atoms with E-state index in [-0.39, 0.29) is 6.04 Å². The van der Waals surface area contributed by atoms with Crippen LogP contribution in [0.2, 0.25) is 0 Å². The average Bonchev–Trinajstić information content (AvgIpc) is 2.46. The quantitative estimate of drug-likeness (QED) is 0.876. The van der Waals surface area contributed by atoms with E-state index in [1.807, 2.05) is 12.1 Å². The Bertz CT molecular complexity index is 580. The largest absolute Gasteiger partial charge is 0.489 e. The first-order valence-corrected chi connectivity index (χ1v) is 7.33. The molecule has 0 fully saturated rings. The Morgan fingerprint density at radius 2 is 2.00 bits per heavy atom. The normalized spacial score (nSPS) is 17.3. The molecule has 1 aliphatic rings. The van der Waals surface area contributed by atoms with Crippen molar-refractivity contribution in [2.45, 2.75) is 19.4 Å². The summed E-state index contributed by atoms with van der Waals surface area (Å²) in [6.45, 7) is 2.84. The maximum Gasteiger partial charge on any atom is 0.142 e. The van der Waals surface area contributed by atoms with Crippen LogP contribution in [0.3, 0.4) is 0 Å². The molecule has 2 aromatic rings. The van der Waals surface area contributed by atoms with Gasteiger partial charge in [0.2, 0.25) is 0 Å². The zero-order valence-corrected chi connectivity index (χ0v) is 12.4. The fourth-order valence-corrected chi connectivity index (χ4v) is 2.67. The molecular formula is C16H16BrNO. The van der Waals surface area contributed by atoms with Gasteiger partial charge in [-0.1, -0.05) is 47.1 Å². The maximum absolute atomic E-state index is 5.82. The SMILES string of the molecule is CCc1ccc(C2COc3ccc(Br)cc3N2)cc1. The molecule has 3 rings (SSSR count). The molecule has 19 heavy (non-hydrogen) atoms. The lowest BCUT2D eigenvalue weighted by atomic mass is 10.0. The minimum Gasteiger partial charge on any atom is -0.489 e. The van der Waals surface area contributed by atoms with Crippen molar-refractivity contribution in [1.82, 2.24) is 0 Å². The van der Waals surface area contributed by atoms with Crippen LogP contribution in [0.5, 0.6) is 5.75 Å². The monoisotopic (exact) mass is 317 g/mol. The molecule has 0 amide bonds. The molecule has 3 heteroatoms. The minimum absolute atomic E-state index is 0.215. The number of halogens is 1. The summed E-state index contributed by atoms with van der Waals surface area (Å²) in [5.74, 6) is 0.921. The topological polar surface area (TPSA) is 21.3 Å². The molecule has 1 heterocycles. The second-order valence-electron chi connectivity index (χ2n) is 4.74. The van der Waals surface area contributed by atoms with Gasteiger partial charge < -0.3 is 10.1 Å². The van der Waals surface area contributed by atoms with Crippen LogP contribution in [0.4, 0.5) is 5.69 Å². The van der Waals surface area contributed by atoms with E-state index in [4.69, 9.17) is 4.74 Å². The van der Waals surface area contributed by atoms with Gasteiger partial charge in [-0.05, 0) is 35.7 Å². The van der Waals surface area contributed by atoms with Crippen LogP contribution in [-0.2, 0) is 6.42 Å². The molecule has 0 radical (unpaired) electrons. The van der Waals surface area contributed by atoms with Crippen molar-refractivity contribution in [3.8, 4) is 5.75 Å². The molecule has 0 aromatic heterocycles. The Morgan fingerprint density at radius 3 is 2.74 bits per heavy atom. The molecule has 0 bridgehead atoms. The van der Waals surface area contributed by atoms with E-state index in [1.54, 1.807) is 0 Å². The average molecular weight is 318 g/mol. The first-order chi connectivity index (χ1) is 9.26. The van der Waals surface area contributed by atoms with Gasteiger partial charge in [-0.2, -0.15) is 0 Å². The van der Waals surface area contributed by atoms with E-state index in [9.17, 15) is 0 Å².